The summed E-state index contributed by atoms with van der Waals surface area (Å²) in [6, 6.07) is 6.86. The summed E-state index contributed by atoms with van der Waals surface area (Å²) in [5.74, 6) is -0.440. The highest BCUT2D eigenvalue weighted by Gasteiger charge is 2.22. The minimum Gasteiger partial charge on any atom is -0.493 e. The topological polar surface area (TPSA) is 73.9 Å². The van der Waals surface area contributed by atoms with Gasteiger partial charge in [-0.3, -0.25) is 4.79 Å². The highest BCUT2D eigenvalue weighted by molar-refractivity contribution is 6.32. The first-order valence-electron chi connectivity index (χ1n) is 9.27. The third kappa shape index (κ3) is 5.41. The van der Waals surface area contributed by atoms with Crippen LogP contribution >= 0.6 is 11.6 Å². The smallest absolute Gasteiger partial charge is 0.339 e. The zero-order valence-electron chi connectivity index (χ0n) is 17.5. The Labute approximate surface area is 176 Å². The lowest BCUT2D eigenvalue weighted by Gasteiger charge is -2.17. The minimum atomic E-state index is -1.00. The molecule has 2 rings (SSSR count). The van der Waals surface area contributed by atoms with E-state index < -0.39 is 18.0 Å². The van der Waals surface area contributed by atoms with E-state index in [-0.39, 0.29) is 10.6 Å². The average molecular weight is 420 g/mol. The van der Waals surface area contributed by atoms with Gasteiger partial charge in [0.2, 0.25) is 0 Å². The van der Waals surface area contributed by atoms with Crippen LogP contribution in [0.2, 0.25) is 5.02 Å². The maximum Gasteiger partial charge on any atom is 0.339 e. The number of methoxy groups -OCH3 is 1. The van der Waals surface area contributed by atoms with E-state index in [0.29, 0.717) is 23.8 Å². The molecule has 2 aromatic carbocycles. The fourth-order valence-electron chi connectivity index (χ4n) is 3.01. The summed E-state index contributed by atoms with van der Waals surface area (Å²) in [5.41, 5.74) is 3.88. The van der Waals surface area contributed by atoms with Gasteiger partial charge in [-0.2, -0.15) is 0 Å². The molecule has 6 nitrogen and oxygen atoms in total. The molecule has 2 aromatic rings. The number of hydrogen-bond donors (Lipinski definition) is 1. The first kappa shape index (κ1) is 22.6. The van der Waals surface area contributed by atoms with Crippen molar-refractivity contribution in [2.24, 2.45) is 0 Å². The average Bonchev–Trinajstić information content (AvgIpc) is 2.65. The van der Waals surface area contributed by atoms with Crippen molar-refractivity contribution in [3.8, 4) is 11.5 Å². The molecule has 0 aliphatic heterocycles. The molecule has 0 bridgehead atoms. The number of carbonyl (C=O) groups excluding carboxylic acids is 2. The summed E-state index contributed by atoms with van der Waals surface area (Å²) in [4.78, 5) is 25.1. The van der Waals surface area contributed by atoms with Gasteiger partial charge in [0.25, 0.3) is 5.91 Å². The van der Waals surface area contributed by atoms with Crippen LogP contribution in [0.4, 0.5) is 5.69 Å². The van der Waals surface area contributed by atoms with Crippen LogP contribution in [-0.2, 0) is 9.53 Å². The summed E-state index contributed by atoms with van der Waals surface area (Å²) in [7, 11) is 1.45. The minimum absolute atomic E-state index is 0.164. The fraction of sp³-hybridized carbons (Fsp3) is 0.364. The van der Waals surface area contributed by atoms with Gasteiger partial charge in [0.05, 0.1) is 24.3 Å². The van der Waals surface area contributed by atoms with Crippen LogP contribution in [0.5, 0.6) is 11.5 Å². The first-order chi connectivity index (χ1) is 13.7. The van der Waals surface area contributed by atoms with Crippen LogP contribution < -0.4 is 14.8 Å². The van der Waals surface area contributed by atoms with Gasteiger partial charge >= 0.3 is 5.97 Å². The van der Waals surface area contributed by atoms with Crippen molar-refractivity contribution < 1.29 is 23.8 Å². The van der Waals surface area contributed by atoms with Gasteiger partial charge in [-0.05, 0) is 57.9 Å². The monoisotopic (exact) mass is 419 g/mol. The van der Waals surface area contributed by atoms with Crippen LogP contribution in [0, 0.1) is 20.8 Å². The normalized spacial score (nSPS) is 11.6. The van der Waals surface area contributed by atoms with E-state index in [1.165, 1.54) is 26.2 Å². The second-order valence-corrected chi connectivity index (χ2v) is 7.14. The maximum atomic E-state index is 12.5. The molecule has 1 amide bonds. The number of ether oxygens (including phenoxy) is 3. The van der Waals surface area contributed by atoms with Gasteiger partial charge in [0.15, 0.2) is 17.6 Å². The zero-order valence-corrected chi connectivity index (χ0v) is 18.3. The summed E-state index contributed by atoms with van der Waals surface area (Å²) in [6.45, 7) is 9.55. The predicted octanol–water partition coefficient (Wildman–Crippen LogP) is 4.86. The fourth-order valence-corrected chi connectivity index (χ4v) is 3.27. The van der Waals surface area contributed by atoms with Crippen LogP contribution in [-0.4, -0.2) is 31.7 Å². The van der Waals surface area contributed by atoms with Crippen molar-refractivity contribution >= 4 is 29.2 Å². The second-order valence-electron chi connectivity index (χ2n) is 6.73. The number of anilines is 1. The lowest BCUT2D eigenvalue weighted by molar-refractivity contribution is -0.123. The third-order valence-corrected chi connectivity index (χ3v) is 4.61. The molecule has 1 N–H and O–H groups in total. The zero-order chi connectivity index (χ0) is 21.7. The maximum absolute atomic E-state index is 12.5. The van der Waals surface area contributed by atoms with Crippen molar-refractivity contribution in [2.45, 2.75) is 40.7 Å². The molecule has 0 saturated carbocycles. The van der Waals surface area contributed by atoms with Crippen molar-refractivity contribution in [1.29, 1.82) is 0 Å². The number of benzene rings is 2. The summed E-state index contributed by atoms with van der Waals surface area (Å²) >= 11 is 6.20. The molecule has 7 heteroatoms. The molecule has 0 aliphatic rings. The van der Waals surface area contributed by atoms with Gasteiger partial charge in [-0.25, -0.2) is 4.79 Å². The molecule has 0 aliphatic carbocycles. The number of carbonyl (C=O) groups is 2. The molecular weight excluding hydrogens is 394 g/mol. The van der Waals surface area contributed by atoms with Crippen LogP contribution in [0.25, 0.3) is 0 Å². The van der Waals surface area contributed by atoms with E-state index >= 15 is 0 Å². The van der Waals surface area contributed by atoms with Crippen molar-refractivity contribution in [1.82, 2.24) is 0 Å². The Balaban J connectivity index is 2.14. The standard InChI is InChI=1S/C22H26ClNO5/c1-7-28-20-17(23)10-16(11-18(20)27-6)22(26)29-15(5)21(25)24-19-13(3)8-12(2)9-14(19)4/h8-11,15H,7H2,1-6H3,(H,24,25)/t15-/m1/s1. The molecule has 0 aromatic heterocycles. The van der Waals surface area contributed by atoms with Crippen LogP contribution in [0.15, 0.2) is 24.3 Å². The Morgan fingerprint density at radius 2 is 1.72 bits per heavy atom. The Bertz CT molecular complexity index is 903. The summed E-state index contributed by atoms with van der Waals surface area (Å²) in [5, 5.41) is 3.06. The number of esters is 1. The molecule has 0 heterocycles. The highest BCUT2D eigenvalue weighted by Crippen LogP contribution is 2.36. The van der Waals surface area contributed by atoms with Gasteiger partial charge in [-0.15, -0.1) is 0 Å². The molecular formula is C22H26ClNO5. The Morgan fingerprint density at radius 1 is 1.10 bits per heavy atom. The van der Waals surface area contributed by atoms with E-state index in [0.717, 1.165) is 16.7 Å². The number of aryl methyl sites for hydroxylation is 3. The Hall–Kier alpha value is -2.73. The second kappa shape index (κ2) is 9.65. The summed E-state index contributed by atoms with van der Waals surface area (Å²) < 4.78 is 16.0. The lowest BCUT2D eigenvalue weighted by atomic mass is 10.0. The number of amides is 1. The van der Waals surface area contributed by atoms with E-state index in [9.17, 15) is 9.59 Å². The molecule has 0 fully saturated rings. The van der Waals surface area contributed by atoms with Gasteiger partial charge in [0, 0.05) is 5.69 Å². The van der Waals surface area contributed by atoms with Crippen LogP contribution in [0.3, 0.4) is 0 Å². The van der Waals surface area contributed by atoms with Crippen molar-refractivity contribution in [3.63, 3.8) is 0 Å². The van der Waals surface area contributed by atoms with Gasteiger partial charge < -0.3 is 19.5 Å². The van der Waals surface area contributed by atoms with Gasteiger partial charge in [-0.1, -0.05) is 29.3 Å². The molecule has 156 valence electrons. The SMILES string of the molecule is CCOc1c(Cl)cc(C(=O)O[C@H](C)C(=O)Nc2c(C)cc(C)cc2C)cc1OC. The lowest BCUT2D eigenvalue weighted by Crippen LogP contribution is -2.30. The van der Waals surface area contributed by atoms with E-state index in [2.05, 4.69) is 5.32 Å². The summed E-state index contributed by atoms with van der Waals surface area (Å²) in [6.07, 6.45) is -1.00. The molecule has 1 atom stereocenters. The molecule has 0 unspecified atom stereocenters. The van der Waals surface area contributed by atoms with Crippen LogP contribution in [0.1, 0.15) is 40.9 Å². The van der Waals surface area contributed by atoms with Crippen molar-refractivity contribution in [2.75, 3.05) is 19.0 Å². The predicted molar refractivity (Wildman–Crippen MR) is 113 cm³/mol. The molecule has 29 heavy (non-hydrogen) atoms. The highest BCUT2D eigenvalue weighted by atomic mass is 35.5. The molecule has 0 saturated heterocycles. The largest absolute Gasteiger partial charge is 0.493 e. The first-order valence-corrected chi connectivity index (χ1v) is 9.65. The number of nitrogens with one attached hydrogen (secondary N) is 1. The Kier molecular flexibility index (Phi) is 7.51. The van der Waals surface area contributed by atoms with Gasteiger partial charge in [0.1, 0.15) is 0 Å². The quantitative estimate of drug-likeness (QED) is 0.649. The van der Waals surface area contributed by atoms with E-state index in [1.807, 2.05) is 39.8 Å². The van der Waals surface area contributed by atoms with Crippen molar-refractivity contribution in [3.05, 3.63) is 51.5 Å². The van der Waals surface area contributed by atoms with E-state index in [4.69, 9.17) is 25.8 Å². The number of hydrogen-bond acceptors (Lipinski definition) is 5. The van der Waals surface area contributed by atoms with E-state index in [1.54, 1.807) is 0 Å². The molecule has 0 radical (unpaired) electrons. The number of rotatable bonds is 7. The molecule has 0 spiro atoms. The Morgan fingerprint density at radius 3 is 2.28 bits per heavy atom. The number of halogens is 1. The third-order valence-electron chi connectivity index (χ3n) is 4.33.